The highest BCUT2D eigenvalue weighted by molar-refractivity contribution is 5.99. The zero-order chi connectivity index (χ0) is 29.1. The highest BCUT2D eigenvalue weighted by Crippen LogP contribution is 2.27. The molecule has 4 saturated heterocycles. The molecule has 10 heteroatoms. The highest BCUT2D eigenvalue weighted by Gasteiger charge is 2.39. The number of nitrogens with one attached hydrogen (secondary N) is 2. The topological polar surface area (TPSA) is 117 Å². The SMILES string of the molecule is O=C(Nc1ccc(-c2ccc(NC(=O)C3CCCN3C(=O)[C@H]3CCCO3)cc2)cc1)C1CCCN1C(=O)[C@H]1CCCO1. The summed E-state index contributed by atoms with van der Waals surface area (Å²) in [7, 11) is 0. The molecule has 0 aliphatic carbocycles. The first kappa shape index (κ1) is 28.4. The van der Waals surface area contributed by atoms with E-state index in [0.29, 0.717) is 50.5 Å². The maximum atomic E-state index is 13.0. The zero-order valence-electron chi connectivity index (χ0n) is 23.8. The van der Waals surface area contributed by atoms with Gasteiger partial charge in [-0.15, -0.1) is 0 Å². The lowest BCUT2D eigenvalue weighted by Crippen LogP contribution is -2.47. The smallest absolute Gasteiger partial charge is 0.252 e. The number of carbonyl (C=O) groups excluding carboxylic acids is 4. The normalized spacial score (nSPS) is 25.5. The van der Waals surface area contributed by atoms with Crippen LogP contribution >= 0.6 is 0 Å². The Labute approximate surface area is 245 Å². The third-order valence-corrected chi connectivity index (χ3v) is 8.73. The van der Waals surface area contributed by atoms with Crippen molar-refractivity contribution in [1.82, 2.24) is 9.80 Å². The van der Waals surface area contributed by atoms with Gasteiger partial charge >= 0.3 is 0 Å². The lowest BCUT2D eigenvalue weighted by atomic mass is 10.0. The summed E-state index contributed by atoms with van der Waals surface area (Å²) in [6, 6.07) is 14.2. The van der Waals surface area contributed by atoms with Gasteiger partial charge in [0.15, 0.2) is 0 Å². The van der Waals surface area contributed by atoms with Gasteiger partial charge in [-0.3, -0.25) is 19.2 Å². The molecular weight excluding hydrogens is 536 g/mol. The fourth-order valence-corrected chi connectivity index (χ4v) is 6.46. The fraction of sp³-hybridized carbons (Fsp3) is 0.500. The monoisotopic (exact) mass is 574 g/mol. The van der Waals surface area contributed by atoms with Gasteiger partial charge < -0.3 is 29.9 Å². The minimum atomic E-state index is -0.477. The lowest BCUT2D eigenvalue weighted by Gasteiger charge is -2.26. The van der Waals surface area contributed by atoms with Gasteiger partial charge in [0, 0.05) is 37.7 Å². The molecule has 4 amide bonds. The summed E-state index contributed by atoms with van der Waals surface area (Å²) in [5.74, 6) is -0.504. The van der Waals surface area contributed by atoms with E-state index in [-0.39, 0.29) is 23.6 Å². The molecule has 0 bridgehead atoms. The van der Waals surface area contributed by atoms with Crippen molar-refractivity contribution < 1.29 is 28.7 Å². The van der Waals surface area contributed by atoms with Crippen molar-refractivity contribution in [1.29, 1.82) is 0 Å². The Morgan fingerprint density at radius 3 is 1.33 bits per heavy atom. The molecule has 4 aliphatic rings. The minimum Gasteiger partial charge on any atom is -0.368 e. The third kappa shape index (κ3) is 6.05. The summed E-state index contributed by atoms with van der Waals surface area (Å²) >= 11 is 0. The number of hydrogen-bond donors (Lipinski definition) is 2. The second-order valence-electron chi connectivity index (χ2n) is 11.5. The van der Waals surface area contributed by atoms with Gasteiger partial charge in [-0.1, -0.05) is 24.3 Å². The van der Waals surface area contributed by atoms with E-state index in [2.05, 4.69) is 10.6 Å². The largest absolute Gasteiger partial charge is 0.368 e. The van der Waals surface area contributed by atoms with E-state index >= 15 is 0 Å². The second-order valence-corrected chi connectivity index (χ2v) is 11.5. The molecule has 2 N–H and O–H groups in total. The number of nitrogens with zero attached hydrogens (tertiary/aromatic N) is 2. The standard InChI is InChI=1S/C32H38N4O6/c37-29(25-5-1-17-35(25)31(39)27-7-3-19-41-27)33-23-13-9-21(10-14-23)22-11-15-24(16-12-22)34-30(38)26-6-2-18-36(26)32(40)28-8-4-20-42-28/h9-16,25-28H,1-8,17-20H2,(H,33,37)(H,34,38)/t25?,26?,27-,28-/m1/s1. The number of carbonyl (C=O) groups is 4. The number of ether oxygens (including phenoxy) is 2. The van der Waals surface area contributed by atoms with Crippen molar-refractivity contribution in [3.05, 3.63) is 48.5 Å². The predicted molar refractivity (Wildman–Crippen MR) is 157 cm³/mol. The number of benzene rings is 2. The van der Waals surface area contributed by atoms with Crippen LogP contribution in [0.5, 0.6) is 0 Å². The van der Waals surface area contributed by atoms with Crippen molar-refractivity contribution >= 4 is 35.0 Å². The van der Waals surface area contributed by atoms with Gasteiger partial charge in [0.25, 0.3) is 11.8 Å². The Kier molecular flexibility index (Phi) is 8.53. The molecule has 10 nitrogen and oxygen atoms in total. The van der Waals surface area contributed by atoms with Crippen LogP contribution in [0.4, 0.5) is 11.4 Å². The van der Waals surface area contributed by atoms with Crippen LogP contribution in [0.1, 0.15) is 51.4 Å². The molecular formula is C32H38N4O6. The summed E-state index contributed by atoms with van der Waals surface area (Å²) in [4.78, 5) is 55.1. The molecule has 2 aromatic carbocycles. The maximum absolute atomic E-state index is 13.0. The molecule has 4 heterocycles. The molecule has 2 aromatic rings. The summed E-state index contributed by atoms with van der Waals surface area (Å²) < 4.78 is 11.1. The first-order valence-corrected chi connectivity index (χ1v) is 15.1. The van der Waals surface area contributed by atoms with Gasteiger partial charge in [0.1, 0.15) is 24.3 Å². The Morgan fingerprint density at radius 1 is 0.571 bits per heavy atom. The first-order valence-electron chi connectivity index (χ1n) is 15.1. The van der Waals surface area contributed by atoms with E-state index in [1.807, 2.05) is 48.5 Å². The molecule has 0 saturated carbocycles. The summed E-state index contributed by atoms with van der Waals surface area (Å²) in [6.07, 6.45) is 5.25. The average molecular weight is 575 g/mol. The summed E-state index contributed by atoms with van der Waals surface area (Å²) in [5, 5.41) is 5.94. The quantitative estimate of drug-likeness (QED) is 0.522. The molecule has 4 aliphatic heterocycles. The number of amides is 4. The van der Waals surface area contributed by atoms with Crippen molar-refractivity contribution in [2.24, 2.45) is 0 Å². The lowest BCUT2D eigenvalue weighted by molar-refractivity contribution is -0.144. The Hall–Kier alpha value is -3.76. The van der Waals surface area contributed by atoms with Crippen molar-refractivity contribution in [2.45, 2.75) is 75.7 Å². The van der Waals surface area contributed by atoms with E-state index in [1.165, 1.54) is 0 Å². The van der Waals surface area contributed by atoms with Gasteiger partial charge in [-0.25, -0.2) is 0 Å². The summed E-state index contributed by atoms with van der Waals surface area (Å²) in [5.41, 5.74) is 3.27. The summed E-state index contributed by atoms with van der Waals surface area (Å²) in [6.45, 7) is 2.36. The van der Waals surface area contributed by atoms with Crippen LogP contribution < -0.4 is 10.6 Å². The molecule has 4 atom stereocenters. The van der Waals surface area contributed by atoms with E-state index in [1.54, 1.807) is 9.80 Å². The molecule has 6 rings (SSSR count). The Morgan fingerprint density at radius 2 is 0.976 bits per heavy atom. The first-order chi connectivity index (χ1) is 20.5. The van der Waals surface area contributed by atoms with E-state index in [0.717, 1.165) is 49.7 Å². The molecule has 0 radical (unpaired) electrons. The fourth-order valence-electron chi connectivity index (χ4n) is 6.46. The molecule has 42 heavy (non-hydrogen) atoms. The molecule has 222 valence electrons. The van der Waals surface area contributed by atoms with Crippen LogP contribution in [-0.2, 0) is 28.7 Å². The van der Waals surface area contributed by atoms with Gasteiger partial charge in [-0.2, -0.15) is 0 Å². The predicted octanol–water partition coefficient (Wildman–Crippen LogP) is 3.57. The number of hydrogen-bond acceptors (Lipinski definition) is 6. The van der Waals surface area contributed by atoms with Crippen LogP contribution in [0, 0.1) is 0 Å². The molecule has 2 unspecified atom stereocenters. The Balaban J connectivity index is 1.03. The zero-order valence-corrected chi connectivity index (χ0v) is 23.8. The van der Waals surface area contributed by atoms with Crippen LogP contribution in [0.2, 0.25) is 0 Å². The van der Waals surface area contributed by atoms with Crippen molar-refractivity contribution in [3.8, 4) is 11.1 Å². The third-order valence-electron chi connectivity index (χ3n) is 8.73. The van der Waals surface area contributed by atoms with Crippen LogP contribution in [0.15, 0.2) is 48.5 Å². The molecule has 4 fully saturated rings. The van der Waals surface area contributed by atoms with Crippen LogP contribution in [0.3, 0.4) is 0 Å². The minimum absolute atomic E-state index is 0.0760. The number of likely N-dealkylation sites (tertiary alicyclic amines) is 2. The van der Waals surface area contributed by atoms with Crippen LogP contribution in [0.25, 0.3) is 11.1 Å². The van der Waals surface area contributed by atoms with Gasteiger partial charge in [0.05, 0.1) is 0 Å². The van der Waals surface area contributed by atoms with E-state index in [9.17, 15) is 19.2 Å². The maximum Gasteiger partial charge on any atom is 0.252 e. The van der Waals surface area contributed by atoms with Crippen molar-refractivity contribution in [3.63, 3.8) is 0 Å². The van der Waals surface area contributed by atoms with Crippen molar-refractivity contribution in [2.75, 3.05) is 36.9 Å². The highest BCUT2D eigenvalue weighted by atomic mass is 16.5. The second kappa shape index (κ2) is 12.6. The van der Waals surface area contributed by atoms with Crippen LogP contribution in [-0.4, -0.2) is 84.0 Å². The molecule has 0 spiro atoms. The average Bonchev–Trinajstić information content (AvgIpc) is 3.84. The van der Waals surface area contributed by atoms with E-state index in [4.69, 9.17) is 9.47 Å². The van der Waals surface area contributed by atoms with Gasteiger partial charge in [-0.05, 0) is 86.8 Å². The van der Waals surface area contributed by atoms with E-state index < -0.39 is 24.3 Å². The number of anilines is 2. The number of rotatable bonds is 7. The Bertz CT molecular complexity index is 1200. The van der Waals surface area contributed by atoms with Gasteiger partial charge in [0.2, 0.25) is 11.8 Å². The molecule has 0 aromatic heterocycles.